The van der Waals surface area contributed by atoms with Gasteiger partial charge in [-0.25, -0.2) is 4.98 Å². The molecule has 4 N–H and O–H groups in total. The van der Waals surface area contributed by atoms with Gasteiger partial charge in [0.15, 0.2) is 5.82 Å². The summed E-state index contributed by atoms with van der Waals surface area (Å²) in [6, 6.07) is 16.6. The third-order valence-corrected chi connectivity index (χ3v) is 4.47. The van der Waals surface area contributed by atoms with Crippen LogP contribution in [0.5, 0.6) is 5.75 Å². The molecule has 0 saturated carbocycles. The smallest absolute Gasteiger partial charge is 0.154 e. The van der Waals surface area contributed by atoms with Crippen LogP contribution in [0.4, 0.5) is 23.0 Å². The molecule has 0 aliphatic carbocycles. The van der Waals surface area contributed by atoms with E-state index in [0.717, 1.165) is 16.9 Å². The van der Waals surface area contributed by atoms with Gasteiger partial charge in [0.25, 0.3) is 0 Å². The number of nitrogens with zero attached hydrogens (tertiary/aromatic N) is 3. The van der Waals surface area contributed by atoms with Gasteiger partial charge >= 0.3 is 0 Å². The summed E-state index contributed by atoms with van der Waals surface area (Å²) in [6.07, 6.45) is 0. The van der Waals surface area contributed by atoms with E-state index in [-0.39, 0.29) is 11.7 Å². The second kappa shape index (κ2) is 8.05. The van der Waals surface area contributed by atoms with E-state index >= 15 is 0 Å². The van der Waals surface area contributed by atoms with Crippen LogP contribution in [0.1, 0.15) is 24.0 Å². The molecule has 0 aliphatic heterocycles. The fraction of sp³-hybridized carbons (Fsp3) is 0.150. The van der Waals surface area contributed by atoms with Crippen LogP contribution in [0.25, 0.3) is 0 Å². The SMILES string of the molecule is COc1cccc(C(C)c2cc(N)nc(N)c2N=Nc2ccc(Cl)cc2)c1. The maximum Gasteiger partial charge on any atom is 0.154 e. The molecule has 138 valence electrons. The van der Waals surface area contributed by atoms with E-state index in [1.165, 1.54) is 0 Å². The largest absolute Gasteiger partial charge is 0.497 e. The highest BCUT2D eigenvalue weighted by Crippen LogP contribution is 2.38. The fourth-order valence-electron chi connectivity index (χ4n) is 2.74. The summed E-state index contributed by atoms with van der Waals surface area (Å²) >= 11 is 5.90. The highest BCUT2D eigenvalue weighted by molar-refractivity contribution is 6.30. The summed E-state index contributed by atoms with van der Waals surface area (Å²) in [5.41, 5.74) is 15.1. The molecule has 6 nitrogen and oxygen atoms in total. The standard InChI is InChI=1S/C20H20ClN5O/c1-12(13-4-3-5-16(10-13)27-2)17-11-18(22)24-20(23)19(17)26-25-15-8-6-14(21)7-9-15/h3-12H,1-2H3,(H4,22,23,24). The monoisotopic (exact) mass is 381 g/mol. The predicted molar refractivity (Wildman–Crippen MR) is 109 cm³/mol. The zero-order valence-electron chi connectivity index (χ0n) is 15.1. The Morgan fingerprint density at radius 1 is 1.04 bits per heavy atom. The number of benzene rings is 2. The molecule has 0 saturated heterocycles. The van der Waals surface area contributed by atoms with Gasteiger partial charge in [-0.15, -0.1) is 5.11 Å². The number of methoxy groups -OCH3 is 1. The minimum Gasteiger partial charge on any atom is -0.497 e. The molecule has 1 atom stereocenters. The Balaban J connectivity index is 2.02. The second-order valence-electron chi connectivity index (χ2n) is 6.04. The summed E-state index contributed by atoms with van der Waals surface area (Å²) in [5.74, 6) is 1.31. The Morgan fingerprint density at radius 2 is 1.78 bits per heavy atom. The van der Waals surface area contributed by atoms with Gasteiger partial charge in [0.05, 0.1) is 12.8 Å². The van der Waals surface area contributed by atoms with Crippen molar-refractivity contribution in [3.05, 3.63) is 70.7 Å². The number of azo groups is 1. The molecule has 2 aromatic carbocycles. The lowest BCUT2D eigenvalue weighted by Gasteiger charge is -2.17. The van der Waals surface area contributed by atoms with Gasteiger partial charge in [-0.1, -0.05) is 30.7 Å². The number of nitrogen functional groups attached to an aromatic ring is 2. The summed E-state index contributed by atoms with van der Waals surface area (Å²) < 4.78 is 5.32. The Labute approximate surface area is 162 Å². The molecule has 0 fully saturated rings. The van der Waals surface area contributed by atoms with Crippen LogP contribution in [-0.2, 0) is 0 Å². The normalized spacial score (nSPS) is 12.3. The molecule has 0 radical (unpaired) electrons. The maximum atomic E-state index is 6.09. The van der Waals surface area contributed by atoms with Crippen molar-refractivity contribution in [1.82, 2.24) is 4.98 Å². The lowest BCUT2D eigenvalue weighted by molar-refractivity contribution is 0.414. The molecule has 7 heteroatoms. The molecule has 3 rings (SSSR count). The van der Waals surface area contributed by atoms with Crippen LogP contribution in [0.15, 0.2) is 64.8 Å². The average molecular weight is 382 g/mol. The van der Waals surface area contributed by atoms with Gasteiger partial charge in [-0.3, -0.25) is 0 Å². The predicted octanol–water partition coefficient (Wildman–Crippen LogP) is 5.48. The van der Waals surface area contributed by atoms with Gasteiger partial charge in [0, 0.05) is 10.9 Å². The van der Waals surface area contributed by atoms with E-state index < -0.39 is 0 Å². The summed E-state index contributed by atoms with van der Waals surface area (Å²) in [5, 5.41) is 9.24. The Morgan fingerprint density at radius 3 is 2.48 bits per heavy atom. The summed E-state index contributed by atoms with van der Waals surface area (Å²) in [6.45, 7) is 2.05. The van der Waals surface area contributed by atoms with E-state index in [0.29, 0.717) is 22.2 Å². The summed E-state index contributed by atoms with van der Waals surface area (Å²) in [4.78, 5) is 4.13. The Bertz CT molecular complexity index is 973. The van der Waals surface area contributed by atoms with E-state index in [1.54, 1.807) is 37.4 Å². The zero-order chi connectivity index (χ0) is 19.4. The molecule has 1 aromatic heterocycles. The van der Waals surface area contributed by atoms with E-state index in [4.69, 9.17) is 27.8 Å². The van der Waals surface area contributed by atoms with Crippen LogP contribution in [0.3, 0.4) is 0 Å². The third-order valence-electron chi connectivity index (χ3n) is 4.22. The van der Waals surface area contributed by atoms with Gasteiger partial charge < -0.3 is 16.2 Å². The molecule has 0 spiro atoms. The number of ether oxygens (including phenoxy) is 1. The van der Waals surface area contributed by atoms with Gasteiger partial charge in [0.2, 0.25) is 0 Å². The molecule has 0 amide bonds. The molecule has 27 heavy (non-hydrogen) atoms. The first-order valence-electron chi connectivity index (χ1n) is 8.35. The van der Waals surface area contributed by atoms with E-state index in [2.05, 4.69) is 15.2 Å². The van der Waals surface area contributed by atoms with Crippen LogP contribution >= 0.6 is 11.6 Å². The van der Waals surface area contributed by atoms with E-state index in [1.807, 2.05) is 31.2 Å². The number of rotatable bonds is 5. The highest BCUT2D eigenvalue weighted by Gasteiger charge is 2.18. The lowest BCUT2D eigenvalue weighted by Crippen LogP contribution is -2.04. The third kappa shape index (κ3) is 4.35. The number of anilines is 2. The zero-order valence-corrected chi connectivity index (χ0v) is 15.8. The number of pyridine rings is 1. The van der Waals surface area contributed by atoms with Crippen molar-refractivity contribution in [2.24, 2.45) is 10.2 Å². The highest BCUT2D eigenvalue weighted by atomic mass is 35.5. The quantitative estimate of drug-likeness (QED) is 0.572. The molecule has 3 aromatic rings. The number of aromatic nitrogens is 1. The van der Waals surface area contributed by atoms with E-state index in [9.17, 15) is 0 Å². The van der Waals surface area contributed by atoms with Gasteiger partial charge in [-0.2, -0.15) is 5.11 Å². The number of hydrogen-bond donors (Lipinski definition) is 2. The number of halogens is 1. The summed E-state index contributed by atoms with van der Waals surface area (Å²) in [7, 11) is 1.64. The average Bonchev–Trinajstić information content (AvgIpc) is 2.67. The van der Waals surface area contributed by atoms with Crippen LogP contribution < -0.4 is 16.2 Å². The molecular formula is C20H20ClN5O. The topological polar surface area (TPSA) is 98.9 Å². The molecule has 1 unspecified atom stereocenters. The molecule has 1 heterocycles. The first-order valence-corrected chi connectivity index (χ1v) is 8.73. The van der Waals surface area contributed by atoms with Crippen LogP contribution in [0.2, 0.25) is 5.02 Å². The van der Waals surface area contributed by atoms with Gasteiger partial charge in [-0.05, 0) is 53.6 Å². The van der Waals surface area contributed by atoms with Crippen molar-refractivity contribution in [3.8, 4) is 5.75 Å². The lowest BCUT2D eigenvalue weighted by atomic mass is 9.92. The van der Waals surface area contributed by atoms with Crippen molar-refractivity contribution >= 4 is 34.6 Å². The van der Waals surface area contributed by atoms with Crippen molar-refractivity contribution in [2.75, 3.05) is 18.6 Å². The minimum atomic E-state index is -0.0353. The molecule has 0 aliphatic rings. The van der Waals surface area contributed by atoms with Crippen molar-refractivity contribution in [2.45, 2.75) is 12.8 Å². The number of hydrogen-bond acceptors (Lipinski definition) is 6. The van der Waals surface area contributed by atoms with Crippen LogP contribution in [0, 0.1) is 0 Å². The second-order valence-corrected chi connectivity index (χ2v) is 6.48. The fourth-order valence-corrected chi connectivity index (χ4v) is 2.87. The first-order chi connectivity index (χ1) is 13.0. The Hall–Kier alpha value is -3.12. The minimum absolute atomic E-state index is 0.0353. The first kappa shape index (κ1) is 18.7. The molecule has 0 bridgehead atoms. The van der Waals surface area contributed by atoms with Crippen molar-refractivity contribution in [3.63, 3.8) is 0 Å². The number of nitrogens with two attached hydrogens (primary N) is 2. The van der Waals surface area contributed by atoms with Crippen molar-refractivity contribution in [1.29, 1.82) is 0 Å². The maximum absolute atomic E-state index is 6.09. The Kier molecular flexibility index (Phi) is 5.57. The van der Waals surface area contributed by atoms with Gasteiger partial charge in [0.1, 0.15) is 17.3 Å². The van der Waals surface area contributed by atoms with Crippen molar-refractivity contribution < 1.29 is 4.74 Å². The van der Waals surface area contributed by atoms with Crippen LogP contribution in [-0.4, -0.2) is 12.1 Å². The molecular weight excluding hydrogens is 362 g/mol.